The van der Waals surface area contributed by atoms with Crippen molar-refractivity contribution in [2.24, 2.45) is 0 Å². The number of aliphatic hydroxyl groups excluding tert-OH is 1. The predicted molar refractivity (Wildman–Crippen MR) is 74.6 cm³/mol. The summed E-state index contributed by atoms with van der Waals surface area (Å²) < 4.78 is 0. The van der Waals surface area contributed by atoms with Crippen molar-refractivity contribution in [1.82, 2.24) is 15.3 Å². The van der Waals surface area contributed by atoms with Gasteiger partial charge in [-0.05, 0) is 19.4 Å². The number of hydrogen-bond donors (Lipinski definition) is 2. The number of aryl methyl sites for hydroxylation is 1. The third-order valence-corrected chi connectivity index (χ3v) is 3.17. The summed E-state index contributed by atoms with van der Waals surface area (Å²) in [6.07, 6.45) is 3.38. The Morgan fingerprint density at radius 1 is 1.16 bits per heavy atom. The summed E-state index contributed by atoms with van der Waals surface area (Å²) in [7, 11) is 0. The van der Waals surface area contributed by atoms with Gasteiger partial charge in [0.25, 0.3) is 0 Å². The summed E-state index contributed by atoms with van der Waals surface area (Å²) in [4.78, 5) is 8.59. The first-order chi connectivity index (χ1) is 9.22. The van der Waals surface area contributed by atoms with E-state index in [1.165, 1.54) is 0 Å². The standard InChI is InChI=1S/C15H19N3O/c1-11-15(17-9-8-16-11)12(2)18-14(10-19)13-6-4-3-5-7-13/h3-9,12,14,18-19H,10H2,1-2H3/t12?,14-/m0/s1. The molecule has 0 fully saturated rings. The van der Waals surface area contributed by atoms with Crippen LogP contribution in [0.4, 0.5) is 0 Å². The largest absolute Gasteiger partial charge is 0.394 e. The number of aliphatic hydroxyl groups is 1. The molecule has 0 aliphatic heterocycles. The number of benzene rings is 1. The minimum atomic E-state index is -0.0994. The molecule has 0 saturated carbocycles. The van der Waals surface area contributed by atoms with Gasteiger partial charge in [-0.25, -0.2) is 0 Å². The molecule has 0 saturated heterocycles. The predicted octanol–water partition coefficient (Wildman–Crippen LogP) is 2.17. The number of nitrogens with zero attached hydrogens (tertiary/aromatic N) is 2. The van der Waals surface area contributed by atoms with Crippen LogP contribution in [0.25, 0.3) is 0 Å². The molecule has 4 heteroatoms. The lowest BCUT2D eigenvalue weighted by atomic mass is 10.1. The molecule has 0 spiro atoms. The first kappa shape index (κ1) is 13.6. The van der Waals surface area contributed by atoms with E-state index in [0.29, 0.717) is 0 Å². The molecule has 0 aliphatic rings. The lowest BCUT2D eigenvalue weighted by molar-refractivity contribution is 0.234. The minimum absolute atomic E-state index is 0.0334. The van der Waals surface area contributed by atoms with Crippen molar-refractivity contribution in [3.63, 3.8) is 0 Å². The lowest BCUT2D eigenvalue weighted by Gasteiger charge is -2.22. The first-order valence-corrected chi connectivity index (χ1v) is 6.41. The molecule has 100 valence electrons. The van der Waals surface area contributed by atoms with Crippen LogP contribution in [0.1, 0.15) is 36.0 Å². The van der Waals surface area contributed by atoms with Gasteiger partial charge >= 0.3 is 0 Å². The van der Waals surface area contributed by atoms with E-state index >= 15 is 0 Å². The van der Waals surface area contributed by atoms with Crippen molar-refractivity contribution in [1.29, 1.82) is 0 Å². The zero-order valence-electron chi connectivity index (χ0n) is 11.2. The van der Waals surface area contributed by atoms with Crippen molar-refractivity contribution < 1.29 is 5.11 Å². The fourth-order valence-electron chi connectivity index (χ4n) is 2.16. The smallest absolute Gasteiger partial charge is 0.0782 e. The number of nitrogens with one attached hydrogen (secondary N) is 1. The van der Waals surface area contributed by atoms with Crippen molar-refractivity contribution in [3.8, 4) is 0 Å². The van der Waals surface area contributed by atoms with E-state index in [1.807, 2.05) is 44.2 Å². The van der Waals surface area contributed by atoms with Gasteiger partial charge in [0.15, 0.2) is 0 Å². The average molecular weight is 257 g/mol. The fourth-order valence-corrected chi connectivity index (χ4v) is 2.16. The summed E-state index contributed by atoms with van der Waals surface area (Å²) in [5.74, 6) is 0. The van der Waals surface area contributed by atoms with E-state index in [1.54, 1.807) is 12.4 Å². The van der Waals surface area contributed by atoms with E-state index < -0.39 is 0 Å². The lowest BCUT2D eigenvalue weighted by Crippen LogP contribution is -2.28. The summed E-state index contributed by atoms with van der Waals surface area (Å²) in [6.45, 7) is 4.02. The topological polar surface area (TPSA) is 58.0 Å². The van der Waals surface area contributed by atoms with Crippen LogP contribution in [0.2, 0.25) is 0 Å². The van der Waals surface area contributed by atoms with Gasteiger partial charge in [0.1, 0.15) is 0 Å². The highest BCUT2D eigenvalue weighted by molar-refractivity contribution is 5.20. The summed E-state index contributed by atoms with van der Waals surface area (Å²) in [5, 5.41) is 12.9. The maximum absolute atomic E-state index is 9.55. The highest BCUT2D eigenvalue weighted by atomic mass is 16.3. The molecule has 1 heterocycles. The molecular weight excluding hydrogens is 238 g/mol. The van der Waals surface area contributed by atoms with E-state index in [2.05, 4.69) is 15.3 Å². The Labute approximate surface area is 113 Å². The van der Waals surface area contributed by atoms with Gasteiger partial charge in [-0.3, -0.25) is 15.3 Å². The molecule has 4 nitrogen and oxygen atoms in total. The zero-order chi connectivity index (χ0) is 13.7. The molecule has 2 rings (SSSR count). The van der Waals surface area contributed by atoms with Gasteiger partial charge in [-0.15, -0.1) is 0 Å². The van der Waals surface area contributed by atoms with Crippen molar-refractivity contribution in [2.45, 2.75) is 25.9 Å². The van der Waals surface area contributed by atoms with E-state index in [9.17, 15) is 5.11 Å². The van der Waals surface area contributed by atoms with Crippen molar-refractivity contribution >= 4 is 0 Å². The summed E-state index contributed by atoms with van der Waals surface area (Å²) in [6, 6.07) is 9.85. The Kier molecular flexibility index (Phi) is 4.60. The third-order valence-electron chi connectivity index (χ3n) is 3.17. The molecular formula is C15H19N3O. The molecule has 0 aliphatic carbocycles. The van der Waals surface area contributed by atoms with Crippen LogP contribution in [0.3, 0.4) is 0 Å². The third kappa shape index (κ3) is 3.36. The fraction of sp³-hybridized carbons (Fsp3) is 0.333. The normalized spacial score (nSPS) is 14.1. The molecule has 2 atom stereocenters. The van der Waals surface area contributed by atoms with E-state index in [4.69, 9.17) is 0 Å². The van der Waals surface area contributed by atoms with Crippen LogP contribution in [0.15, 0.2) is 42.7 Å². The number of hydrogen-bond acceptors (Lipinski definition) is 4. The summed E-state index contributed by atoms with van der Waals surface area (Å²) >= 11 is 0. The van der Waals surface area contributed by atoms with Crippen LogP contribution in [0.5, 0.6) is 0 Å². The second-order valence-corrected chi connectivity index (χ2v) is 4.56. The maximum atomic E-state index is 9.55. The number of rotatable bonds is 5. The Balaban J connectivity index is 2.13. The van der Waals surface area contributed by atoms with Crippen LogP contribution < -0.4 is 5.32 Å². The number of aromatic nitrogens is 2. The van der Waals surface area contributed by atoms with Crippen LogP contribution in [0, 0.1) is 6.92 Å². The van der Waals surface area contributed by atoms with Gasteiger partial charge in [0.2, 0.25) is 0 Å². The molecule has 2 N–H and O–H groups in total. The quantitative estimate of drug-likeness (QED) is 0.862. The van der Waals surface area contributed by atoms with Gasteiger partial charge in [-0.2, -0.15) is 0 Å². The second-order valence-electron chi connectivity index (χ2n) is 4.56. The molecule has 0 amide bonds. The van der Waals surface area contributed by atoms with Crippen LogP contribution in [-0.4, -0.2) is 21.7 Å². The van der Waals surface area contributed by atoms with E-state index in [0.717, 1.165) is 17.0 Å². The zero-order valence-corrected chi connectivity index (χ0v) is 11.2. The maximum Gasteiger partial charge on any atom is 0.0782 e. The Morgan fingerprint density at radius 3 is 2.47 bits per heavy atom. The van der Waals surface area contributed by atoms with E-state index in [-0.39, 0.29) is 18.7 Å². The first-order valence-electron chi connectivity index (χ1n) is 6.41. The molecule has 0 bridgehead atoms. The van der Waals surface area contributed by atoms with Crippen LogP contribution >= 0.6 is 0 Å². The highest BCUT2D eigenvalue weighted by Crippen LogP contribution is 2.19. The second kappa shape index (κ2) is 6.41. The summed E-state index contributed by atoms with van der Waals surface area (Å²) in [5.41, 5.74) is 2.89. The molecule has 1 aromatic heterocycles. The SMILES string of the molecule is Cc1nccnc1C(C)N[C@@H](CO)c1ccccc1. The molecule has 1 unspecified atom stereocenters. The minimum Gasteiger partial charge on any atom is -0.394 e. The Bertz CT molecular complexity index is 516. The molecule has 1 aromatic carbocycles. The van der Waals surface area contributed by atoms with Gasteiger partial charge in [0, 0.05) is 18.4 Å². The van der Waals surface area contributed by atoms with Crippen molar-refractivity contribution in [3.05, 3.63) is 59.7 Å². The molecule has 0 radical (unpaired) electrons. The van der Waals surface area contributed by atoms with Crippen molar-refractivity contribution in [2.75, 3.05) is 6.61 Å². The van der Waals surface area contributed by atoms with Gasteiger partial charge in [0.05, 0.1) is 24.0 Å². The monoisotopic (exact) mass is 257 g/mol. The average Bonchev–Trinajstić information content (AvgIpc) is 2.46. The van der Waals surface area contributed by atoms with Gasteiger partial charge in [-0.1, -0.05) is 30.3 Å². The molecule has 19 heavy (non-hydrogen) atoms. The highest BCUT2D eigenvalue weighted by Gasteiger charge is 2.16. The molecule has 2 aromatic rings. The Morgan fingerprint density at radius 2 is 1.84 bits per heavy atom. The van der Waals surface area contributed by atoms with Gasteiger partial charge < -0.3 is 5.11 Å². The Hall–Kier alpha value is -1.78. The van der Waals surface area contributed by atoms with Crippen LogP contribution in [-0.2, 0) is 0 Å².